The van der Waals surface area contributed by atoms with Gasteiger partial charge in [0, 0.05) is 23.8 Å². The molecule has 1 aromatic heterocycles. The maximum absolute atomic E-state index is 12.5. The molecule has 1 saturated heterocycles. The average molecular weight is 380 g/mol. The fourth-order valence-electron chi connectivity index (χ4n) is 3.93. The summed E-state index contributed by atoms with van der Waals surface area (Å²) in [4.78, 5) is 28.4. The molecule has 1 saturated carbocycles. The predicted octanol–water partition coefficient (Wildman–Crippen LogP) is 2.85. The molecule has 1 aliphatic carbocycles. The number of methoxy groups -OCH3 is 1. The van der Waals surface area contributed by atoms with Crippen molar-refractivity contribution in [3.05, 3.63) is 16.1 Å². The number of hydrogen-bond acceptors (Lipinski definition) is 6. The first-order valence-corrected chi connectivity index (χ1v) is 10.6. The second kappa shape index (κ2) is 9.46. The first-order chi connectivity index (χ1) is 12.7. The summed E-state index contributed by atoms with van der Waals surface area (Å²) < 4.78 is 4.70. The van der Waals surface area contributed by atoms with Gasteiger partial charge in [-0.1, -0.05) is 0 Å². The van der Waals surface area contributed by atoms with Gasteiger partial charge in [0.15, 0.2) is 0 Å². The summed E-state index contributed by atoms with van der Waals surface area (Å²) in [6, 6.07) is 0.223. The average Bonchev–Trinajstić information content (AvgIpc) is 3.18. The quantitative estimate of drug-likeness (QED) is 0.743. The number of thiazole rings is 1. The molecular formula is C19H29N3O3S. The molecule has 1 aromatic rings. The molecule has 0 spiro atoms. The van der Waals surface area contributed by atoms with E-state index in [2.05, 4.69) is 15.6 Å². The Morgan fingerprint density at radius 1 is 1.23 bits per heavy atom. The summed E-state index contributed by atoms with van der Waals surface area (Å²) in [6.07, 6.45) is 7.65. The van der Waals surface area contributed by atoms with E-state index in [1.807, 2.05) is 5.38 Å². The largest absolute Gasteiger partial charge is 0.469 e. The van der Waals surface area contributed by atoms with Crippen LogP contribution in [0.25, 0.3) is 0 Å². The van der Waals surface area contributed by atoms with Crippen molar-refractivity contribution in [1.29, 1.82) is 0 Å². The van der Waals surface area contributed by atoms with Crippen molar-refractivity contribution in [2.45, 2.75) is 63.3 Å². The number of rotatable bonds is 6. The fraction of sp³-hybridized carbons (Fsp3) is 0.737. The third kappa shape index (κ3) is 5.27. The van der Waals surface area contributed by atoms with Crippen molar-refractivity contribution < 1.29 is 14.3 Å². The number of esters is 1. The highest BCUT2D eigenvalue weighted by atomic mass is 32.1. The van der Waals surface area contributed by atoms with Crippen LogP contribution in [-0.4, -0.2) is 43.1 Å². The van der Waals surface area contributed by atoms with Gasteiger partial charge in [-0.15, -0.1) is 11.3 Å². The van der Waals surface area contributed by atoms with Crippen LogP contribution in [-0.2, 0) is 9.53 Å². The van der Waals surface area contributed by atoms with Gasteiger partial charge in [0.05, 0.1) is 12.1 Å². The standard InChI is InChI=1S/C19H29N3O3S/c1-25-17(23)7-4-13-2-5-15(6-3-13)21-18(24)16-12-26-19(22-16)14-8-10-20-11-9-14/h12-15,20H,2-11H2,1H3,(H,21,24)/t13-,15-. The molecule has 3 rings (SSSR count). The number of ether oxygens (including phenoxy) is 1. The van der Waals surface area contributed by atoms with Crippen LogP contribution in [0.5, 0.6) is 0 Å². The van der Waals surface area contributed by atoms with Crippen LogP contribution >= 0.6 is 11.3 Å². The summed E-state index contributed by atoms with van der Waals surface area (Å²) in [7, 11) is 1.43. The third-order valence-corrected chi connectivity index (χ3v) is 6.62. The number of amides is 1. The number of aromatic nitrogens is 1. The molecule has 0 unspecified atom stereocenters. The molecule has 1 amide bonds. The lowest BCUT2D eigenvalue weighted by molar-refractivity contribution is -0.141. The highest BCUT2D eigenvalue weighted by Gasteiger charge is 2.25. The Balaban J connectivity index is 1.43. The molecule has 0 aromatic carbocycles. The van der Waals surface area contributed by atoms with E-state index in [1.54, 1.807) is 11.3 Å². The van der Waals surface area contributed by atoms with Crippen LogP contribution < -0.4 is 10.6 Å². The van der Waals surface area contributed by atoms with E-state index >= 15 is 0 Å². The number of carbonyl (C=O) groups excluding carboxylic acids is 2. The smallest absolute Gasteiger partial charge is 0.305 e. The van der Waals surface area contributed by atoms with Crippen molar-refractivity contribution in [2.24, 2.45) is 5.92 Å². The van der Waals surface area contributed by atoms with Crippen LogP contribution in [0.15, 0.2) is 5.38 Å². The Morgan fingerprint density at radius 3 is 2.65 bits per heavy atom. The minimum absolute atomic E-state index is 0.0422. The van der Waals surface area contributed by atoms with Gasteiger partial charge in [-0.05, 0) is 64.0 Å². The minimum Gasteiger partial charge on any atom is -0.469 e. The molecule has 0 atom stereocenters. The minimum atomic E-state index is -0.131. The van der Waals surface area contributed by atoms with E-state index in [1.165, 1.54) is 7.11 Å². The second-order valence-electron chi connectivity index (χ2n) is 7.40. The van der Waals surface area contributed by atoms with Gasteiger partial charge in [0.2, 0.25) is 0 Å². The van der Waals surface area contributed by atoms with Crippen molar-refractivity contribution in [3.8, 4) is 0 Å². The van der Waals surface area contributed by atoms with E-state index in [4.69, 9.17) is 4.74 Å². The molecular weight excluding hydrogens is 350 g/mol. The summed E-state index contributed by atoms with van der Waals surface area (Å²) >= 11 is 1.61. The summed E-state index contributed by atoms with van der Waals surface area (Å²) in [6.45, 7) is 2.07. The van der Waals surface area contributed by atoms with E-state index in [0.29, 0.717) is 24.0 Å². The van der Waals surface area contributed by atoms with Gasteiger partial charge >= 0.3 is 5.97 Å². The van der Waals surface area contributed by atoms with Crippen LogP contribution in [0.2, 0.25) is 0 Å². The van der Waals surface area contributed by atoms with Crippen LogP contribution in [0.3, 0.4) is 0 Å². The number of piperidine rings is 1. The zero-order valence-electron chi connectivity index (χ0n) is 15.5. The van der Waals surface area contributed by atoms with Crippen molar-refractivity contribution >= 4 is 23.2 Å². The Morgan fingerprint density at radius 2 is 1.96 bits per heavy atom. The molecule has 2 aliphatic rings. The fourth-order valence-corrected chi connectivity index (χ4v) is 4.90. The Labute approximate surface area is 159 Å². The van der Waals surface area contributed by atoms with Gasteiger partial charge in [0.25, 0.3) is 5.91 Å². The van der Waals surface area contributed by atoms with Crippen LogP contribution in [0.1, 0.15) is 72.8 Å². The van der Waals surface area contributed by atoms with Crippen LogP contribution in [0.4, 0.5) is 0 Å². The van der Waals surface area contributed by atoms with Gasteiger partial charge in [-0.25, -0.2) is 4.98 Å². The topological polar surface area (TPSA) is 80.3 Å². The van der Waals surface area contributed by atoms with Gasteiger partial charge < -0.3 is 15.4 Å². The van der Waals surface area contributed by atoms with Crippen molar-refractivity contribution in [3.63, 3.8) is 0 Å². The molecule has 1 aliphatic heterocycles. The number of hydrogen-bond donors (Lipinski definition) is 2. The highest BCUT2D eigenvalue weighted by Crippen LogP contribution is 2.29. The van der Waals surface area contributed by atoms with Crippen molar-refractivity contribution in [2.75, 3.05) is 20.2 Å². The highest BCUT2D eigenvalue weighted by molar-refractivity contribution is 7.09. The molecule has 2 heterocycles. The molecule has 6 nitrogen and oxygen atoms in total. The molecule has 7 heteroatoms. The number of nitrogens with zero attached hydrogens (tertiary/aromatic N) is 1. The van der Waals surface area contributed by atoms with Crippen molar-refractivity contribution in [1.82, 2.24) is 15.6 Å². The van der Waals surface area contributed by atoms with E-state index < -0.39 is 0 Å². The number of carbonyl (C=O) groups is 2. The lowest BCUT2D eigenvalue weighted by Crippen LogP contribution is -2.37. The predicted molar refractivity (Wildman–Crippen MR) is 101 cm³/mol. The zero-order chi connectivity index (χ0) is 18.4. The Hall–Kier alpha value is -1.47. The van der Waals surface area contributed by atoms with Crippen LogP contribution in [0, 0.1) is 5.92 Å². The Bertz CT molecular complexity index is 605. The third-order valence-electron chi connectivity index (χ3n) is 5.61. The molecule has 0 bridgehead atoms. The maximum Gasteiger partial charge on any atom is 0.305 e. The normalized spacial score (nSPS) is 24.2. The molecule has 144 valence electrons. The maximum atomic E-state index is 12.5. The van der Waals surface area contributed by atoms with Gasteiger partial charge in [0.1, 0.15) is 5.69 Å². The molecule has 0 radical (unpaired) electrons. The lowest BCUT2D eigenvalue weighted by atomic mass is 9.83. The van der Waals surface area contributed by atoms with Gasteiger partial charge in [-0.3, -0.25) is 9.59 Å². The molecule has 2 fully saturated rings. The van der Waals surface area contributed by atoms with E-state index in [0.717, 1.165) is 63.0 Å². The second-order valence-corrected chi connectivity index (χ2v) is 8.29. The summed E-state index contributed by atoms with van der Waals surface area (Å²) in [5.74, 6) is 0.883. The summed E-state index contributed by atoms with van der Waals surface area (Å²) in [5, 5.41) is 9.51. The molecule has 26 heavy (non-hydrogen) atoms. The number of nitrogens with one attached hydrogen (secondary N) is 2. The zero-order valence-corrected chi connectivity index (χ0v) is 16.3. The Kier molecular flexibility index (Phi) is 7.02. The van der Waals surface area contributed by atoms with E-state index in [-0.39, 0.29) is 17.9 Å². The molecule has 2 N–H and O–H groups in total. The lowest BCUT2D eigenvalue weighted by Gasteiger charge is -2.28. The van der Waals surface area contributed by atoms with Gasteiger partial charge in [-0.2, -0.15) is 0 Å². The first-order valence-electron chi connectivity index (χ1n) is 9.69. The summed E-state index contributed by atoms with van der Waals surface area (Å²) in [5.41, 5.74) is 0.566. The first kappa shape index (κ1) is 19.3. The SMILES string of the molecule is COC(=O)CC[C@H]1CC[C@H](NC(=O)c2csc(C3CCNCC3)n2)CC1. The monoisotopic (exact) mass is 379 g/mol. The van der Waals surface area contributed by atoms with E-state index in [9.17, 15) is 9.59 Å².